The molecule has 2 heterocycles. The number of hydrogen-bond acceptors (Lipinski definition) is 5. The van der Waals surface area contributed by atoms with Crippen LogP contribution in [0.15, 0.2) is 54.6 Å². The van der Waals surface area contributed by atoms with E-state index in [2.05, 4.69) is 29.2 Å². The number of hydroxylamine groups is 1. The van der Waals surface area contributed by atoms with Crippen LogP contribution in [-0.4, -0.2) is 47.0 Å². The maximum atomic E-state index is 13.0. The third kappa shape index (κ3) is 5.21. The fourth-order valence-electron chi connectivity index (χ4n) is 4.48. The number of amides is 1. The predicted molar refractivity (Wildman–Crippen MR) is 118 cm³/mol. The average Bonchev–Trinajstić information content (AvgIpc) is 2.99. The molecule has 4 rings (SSSR count). The van der Waals surface area contributed by atoms with E-state index < -0.39 is 11.5 Å². The maximum absolute atomic E-state index is 13.0. The van der Waals surface area contributed by atoms with E-state index >= 15 is 0 Å². The van der Waals surface area contributed by atoms with Gasteiger partial charge >= 0.3 is 0 Å². The predicted octanol–water partition coefficient (Wildman–Crippen LogP) is 3.64. The number of rotatable bonds is 5. The van der Waals surface area contributed by atoms with Gasteiger partial charge in [0.2, 0.25) is 0 Å². The Kier molecular flexibility index (Phi) is 6.49. The van der Waals surface area contributed by atoms with Gasteiger partial charge in [-0.05, 0) is 55.1 Å². The van der Waals surface area contributed by atoms with Gasteiger partial charge in [0.15, 0.2) is 5.78 Å². The molecule has 0 aliphatic carbocycles. The van der Waals surface area contributed by atoms with Crippen LogP contribution in [0.3, 0.4) is 0 Å². The molecule has 0 bridgehead atoms. The Hall–Kier alpha value is -2.96. The minimum Gasteiger partial charge on any atom is -0.486 e. The molecule has 0 aromatic heterocycles. The van der Waals surface area contributed by atoms with Gasteiger partial charge in [-0.25, -0.2) is 5.48 Å². The van der Waals surface area contributed by atoms with Crippen LogP contribution < -0.4 is 10.2 Å². The van der Waals surface area contributed by atoms with Crippen LogP contribution in [0.1, 0.15) is 47.2 Å². The number of likely N-dealkylation sites (tertiary alicyclic amines) is 1. The van der Waals surface area contributed by atoms with Crippen LogP contribution >= 0.6 is 0 Å². The first kappa shape index (κ1) is 21.3. The van der Waals surface area contributed by atoms with Gasteiger partial charge in [0, 0.05) is 25.6 Å². The third-order valence-corrected chi connectivity index (χ3v) is 6.20. The Bertz CT molecular complexity index is 973. The molecule has 2 N–H and O–H groups in total. The molecule has 6 nitrogen and oxygen atoms in total. The van der Waals surface area contributed by atoms with E-state index in [1.165, 1.54) is 11.6 Å². The van der Waals surface area contributed by atoms with Gasteiger partial charge in [0.05, 0.1) is 12.0 Å². The van der Waals surface area contributed by atoms with E-state index in [0.717, 1.165) is 45.3 Å². The standard InChI is InChI=1S/C25H28N2O4/c28-22-18-25(31-23-9-7-20(17-21(22)23)8-10-24(29)26-30)12-4-14-27(16-13-25)15-11-19-5-2-1-3-6-19/h1-3,5-10,17,30H,4,11-16,18H2,(H,26,29)/b10-8+. The number of carbonyl (C=O) groups is 2. The summed E-state index contributed by atoms with van der Waals surface area (Å²) >= 11 is 0. The summed E-state index contributed by atoms with van der Waals surface area (Å²) in [5, 5.41) is 8.59. The van der Waals surface area contributed by atoms with Crippen LogP contribution in [0, 0.1) is 0 Å². The average molecular weight is 421 g/mol. The van der Waals surface area contributed by atoms with Crippen molar-refractivity contribution in [1.82, 2.24) is 10.4 Å². The lowest BCUT2D eigenvalue weighted by Gasteiger charge is -2.37. The largest absolute Gasteiger partial charge is 0.486 e. The van der Waals surface area contributed by atoms with E-state index in [0.29, 0.717) is 23.3 Å². The van der Waals surface area contributed by atoms with Crippen LogP contribution in [0.25, 0.3) is 6.08 Å². The zero-order valence-electron chi connectivity index (χ0n) is 17.5. The number of ether oxygens (including phenoxy) is 1. The lowest BCUT2D eigenvalue weighted by Crippen LogP contribution is -2.43. The molecule has 6 heteroatoms. The van der Waals surface area contributed by atoms with Crippen molar-refractivity contribution in [1.29, 1.82) is 0 Å². The van der Waals surface area contributed by atoms with Gasteiger partial charge in [-0.3, -0.25) is 14.8 Å². The number of carbonyl (C=O) groups excluding carboxylic acids is 2. The normalized spacial score (nSPS) is 21.5. The summed E-state index contributed by atoms with van der Waals surface area (Å²) in [5.41, 5.74) is 3.74. The summed E-state index contributed by atoms with van der Waals surface area (Å²) in [7, 11) is 0. The molecule has 0 saturated carbocycles. The fourth-order valence-corrected chi connectivity index (χ4v) is 4.48. The highest BCUT2D eigenvalue weighted by atomic mass is 16.5. The lowest BCUT2D eigenvalue weighted by molar-refractivity contribution is -0.124. The summed E-state index contributed by atoms with van der Waals surface area (Å²) in [6.45, 7) is 2.96. The molecule has 31 heavy (non-hydrogen) atoms. The Morgan fingerprint density at radius 2 is 2.00 bits per heavy atom. The molecule has 1 saturated heterocycles. The van der Waals surface area contributed by atoms with Gasteiger partial charge < -0.3 is 9.64 Å². The number of nitrogens with zero attached hydrogens (tertiary/aromatic N) is 1. The minimum absolute atomic E-state index is 0.0841. The highest BCUT2D eigenvalue weighted by Gasteiger charge is 2.41. The molecule has 2 aromatic carbocycles. The molecule has 1 atom stereocenters. The smallest absolute Gasteiger partial charge is 0.267 e. The van der Waals surface area contributed by atoms with Crippen molar-refractivity contribution in [3.63, 3.8) is 0 Å². The molecule has 1 spiro atoms. The van der Waals surface area contributed by atoms with E-state index in [-0.39, 0.29) is 5.78 Å². The van der Waals surface area contributed by atoms with Crippen molar-refractivity contribution >= 4 is 17.8 Å². The van der Waals surface area contributed by atoms with Gasteiger partial charge in [-0.2, -0.15) is 0 Å². The van der Waals surface area contributed by atoms with Crippen molar-refractivity contribution in [2.45, 2.75) is 37.7 Å². The first-order chi connectivity index (χ1) is 15.1. The number of benzene rings is 2. The van der Waals surface area contributed by atoms with E-state index in [4.69, 9.17) is 9.94 Å². The topological polar surface area (TPSA) is 78.9 Å². The monoisotopic (exact) mass is 420 g/mol. The second-order valence-corrected chi connectivity index (χ2v) is 8.38. The Morgan fingerprint density at radius 1 is 1.16 bits per heavy atom. The molecule has 1 fully saturated rings. The number of hydrogen-bond donors (Lipinski definition) is 2. The summed E-state index contributed by atoms with van der Waals surface area (Å²) in [6.07, 6.45) is 6.91. The highest BCUT2D eigenvalue weighted by molar-refractivity contribution is 6.01. The summed E-state index contributed by atoms with van der Waals surface area (Å²) in [6, 6.07) is 15.9. The number of fused-ring (bicyclic) bond motifs is 1. The number of ketones is 1. The van der Waals surface area contributed by atoms with E-state index in [1.807, 2.05) is 18.2 Å². The van der Waals surface area contributed by atoms with Crippen LogP contribution in [0.2, 0.25) is 0 Å². The van der Waals surface area contributed by atoms with Crippen molar-refractivity contribution in [3.05, 3.63) is 71.3 Å². The van der Waals surface area contributed by atoms with E-state index in [1.54, 1.807) is 17.6 Å². The Labute approximate surface area is 182 Å². The maximum Gasteiger partial charge on any atom is 0.267 e. The second kappa shape index (κ2) is 9.45. The molecular formula is C25H28N2O4. The molecule has 2 aliphatic rings. The van der Waals surface area contributed by atoms with Crippen LogP contribution in [0.4, 0.5) is 0 Å². The molecule has 0 radical (unpaired) electrons. The molecule has 1 amide bonds. The second-order valence-electron chi connectivity index (χ2n) is 8.38. The molecule has 2 aromatic rings. The summed E-state index contributed by atoms with van der Waals surface area (Å²) in [5.74, 6) is 0.0908. The summed E-state index contributed by atoms with van der Waals surface area (Å²) < 4.78 is 6.43. The van der Waals surface area contributed by atoms with Crippen molar-refractivity contribution in [2.24, 2.45) is 0 Å². The molecule has 1 unspecified atom stereocenters. The van der Waals surface area contributed by atoms with Gasteiger partial charge in [-0.15, -0.1) is 0 Å². The Morgan fingerprint density at radius 3 is 2.81 bits per heavy atom. The third-order valence-electron chi connectivity index (χ3n) is 6.20. The molecular weight excluding hydrogens is 392 g/mol. The van der Waals surface area contributed by atoms with Crippen LogP contribution in [-0.2, 0) is 11.2 Å². The summed E-state index contributed by atoms with van der Waals surface area (Å²) in [4.78, 5) is 26.6. The first-order valence-corrected chi connectivity index (χ1v) is 10.8. The van der Waals surface area contributed by atoms with Crippen molar-refractivity contribution in [2.75, 3.05) is 19.6 Å². The molecule has 2 aliphatic heterocycles. The first-order valence-electron chi connectivity index (χ1n) is 10.8. The van der Waals surface area contributed by atoms with Gasteiger partial charge in [-0.1, -0.05) is 36.4 Å². The minimum atomic E-state index is -0.616. The molecule has 162 valence electrons. The van der Waals surface area contributed by atoms with Gasteiger partial charge in [0.25, 0.3) is 5.91 Å². The zero-order valence-corrected chi connectivity index (χ0v) is 17.5. The SMILES string of the molecule is O=C(/C=C/c1ccc2c(c1)C(=O)CC1(CCCN(CCc3ccccc3)CC1)O2)NO. The number of Topliss-reactive ketones (excluding diaryl/α,β-unsaturated/α-hetero) is 1. The number of nitrogens with one attached hydrogen (secondary N) is 1. The van der Waals surface area contributed by atoms with Gasteiger partial charge in [0.1, 0.15) is 11.4 Å². The quantitative estimate of drug-likeness (QED) is 0.439. The fraction of sp³-hybridized carbons (Fsp3) is 0.360. The van der Waals surface area contributed by atoms with Crippen molar-refractivity contribution < 1.29 is 19.5 Å². The van der Waals surface area contributed by atoms with Crippen LogP contribution in [0.5, 0.6) is 5.75 Å². The zero-order chi connectivity index (χ0) is 21.7. The Balaban J connectivity index is 1.41. The highest BCUT2D eigenvalue weighted by Crippen LogP contribution is 2.39. The van der Waals surface area contributed by atoms with Crippen molar-refractivity contribution in [3.8, 4) is 5.75 Å². The van der Waals surface area contributed by atoms with E-state index in [9.17, 15) is 9.59 Å². The lowest BCUT2D eigenvalue weighted by atomic mass is 9.84.